The number of alkyl halides is 2. The second-order valence-electron chi connectivity index (χ2n) is 6.32. The minimum Gasteiger partial charge on any atom is -0.415 e. The van der Waals surface area contributed by atoms with Crippen molar-refractivity contribution < 1.29 is 13.2 Å². The molecule has 0 atom stereocenters. The van der Waals surface area contributed by atoms with Crippen molar-refractivity contribution in [3.63, 3.8) is 0 Å². The highest BCUT2D eigenvalue weighted by molar-refractivity contribution is 5.51. The van der Waals surface area contributed by atoms with Crippen molar-refractivity contribution in [2.75, 3.05) is 5.32 Å². The van der Waals surface area contributed by atoms with Gasteiger partial charge in [-0.15, -0.1) is 10.2 Å². The lowest BCUT2D eigenvalue weighted by Gasteiger charge is -2.31. The third kappa shape index (κ3) is 3.14. The fourth-order valence-corrected chi connectivity index (χ4v) is 3.38. The van der Waals surface area contributed by atoms with Crippen LogP contribution in [0.5, 0.6) is 0 Å². The molecule has 1 aliphatic rings. The van der Waals surface area contributed by atoms with Crippen LogP contribution in [0.3, 0.4) is 0 Å². The van der Waals surface area contributed by atoms with Gasteiger partial charge in [-0.25, -0.2) is 9.97 Å². The van der Waals surface area contributed by atoms with Gasteiger partial charge in [-0.05, 0) is 18.4 Å². The molecule has 1 aliphatic carbocycles. The van der Waals surface area contributed by atoms with Gasteiger partial charge in [-0.3, -0.25) is 0 Å². The van der Waals surface area contributed by atoms with Crippen LogP contribution in [0.25, 0.3) is 11.5 Å². The van der Waals surface area contributed by atoms with Crippen LogP contribution in [0.1, 0.15) is 43.6 Å². The van der Waals surface area contributed by atoms with Gasteiger partial charge in [-0.2, -0.15) is 8.78 Å². The van der Waals surface area contributed by atoms with Crippen molar-refractivity contribution in [3.8, 4) is 11.5 Å². The molecular weight excluding hydrogens is 340 g/mol. The zero-order valence-electron chi connectivity index (χ0n) is 13.9. The van der Waals surface area contributed by atoms with Gasteiger partial charge in [0.25, 0.3) is 11.8 Å². The van der Waals surface area contributed by atoms with Crippen molar-refractivity contribution in [1.29, 1.82) is 0 Å². The summed E-state index contributed by atoms with van der Waals surface area (Å²) in [5, 5.41) is 10.4. The third-order valence-electron chi connectivity index (χ3n) is 4.66. The van der Waals surface area contributed by atoms with E-state index in [1.807, 2.05) is 18.2 Å². The number of nitrogens with zero attached hydrogens (tertiary/aromatic N) is 4. The van der Waals surface area contributed by atoms with Crippen LogP contribution < -0.4 is 5.32 Å². The fraction of sp³-hybridized carbons (Fsp3) is 0.333. The maximum absolute atomic E-state index is 12.6. The van der Waals surface area contributed by atoms with Gasteiger partial charge >= 0.3 is 6.43 Å². The third-order valence-corrected chi connectivity index (χ3v) is 4.66. The van der Waals surface area contributed by atoms with Crippen LogP contribution in [-0.4, -0.2) is 20.2 Å². The lowest BCUT2D eigenvalue weighted by molar-refractivity contribution is 0.116. The normalized spacial score (nSPS) is 16.1. The molecule has 1 fully saturated rings. The monoisotopic (exact) mass is 357 g/mol. The van der Waals surface area contributed by atoms with Crippen LogP contribution in [0.2, 0.25) is 0 Å². The van der Waals surface area contributed by atoms with Crippen molar-refractivity contribution in [3.05, 3.63) is 54.2 Å². The second kappa shape index (κ2) is 6.78. The Morgan fingerprint density at radius 3 is 2.31 bits per heavy atom. The molecule has 1 aromatic carbocycles. The SMILES string of the molecule is FC(F)c1nnc(-c2cnc(NC3(c4ccccc4)CCCC3)nc2)o1. The van der Waals surface area contributed by atoms with E-state index in [4.69, 9.17) is 4.42 Å². The van der Waals surface area contributed by atoms with Crippen molar-refractivity contribution in [2.24, 2.45) is 0 Å². The smallest absolute Gasteiger partial charge is 0.314 e. The Labute approximate surface area is 148 Å². The molecule has 26 heavy (non-hydrogen) atoms. The summed E-state index contributed by atoms with van der Waals surface area (Å²) in [4.78, 5) is 8.61. The topological polar surface area (TPSA) is 76.7 Å². The molecule has 0 aliphatic heterocycles. The summed E-state index contributed by atoms with van der Waals surface area (Å²) in [6.07, 6.45) is 4.47. The van der Waals surface area contributed by atoms with Crippen LogP contribution in [-0.2, 0) is 5.54 Å². The average Bonchev–Trinajstić information content (AvgIpc) is 3.34. The molecule has 2 heterocycles. The maximum atomic E-state index is 12.6. The van der Waals surface area contributed by atoms with Gasteiger partial charge in [0, 0.05) is 12.4 Å². The minimum atomic E-state index is -2.80. The Bertz CT molecular complexity index is 861. The summed E-state index contributed by atoms with van der Waals surface area (Å²) in [5.41, 5.74) is 1.43. The highest BCUT2D eigenvalue weighted by Crippen LogP contribution is 2.41. The van der Waals surface area contributed by atoms with Gasteiger partial charge in [0.15, 0.2) is 0 Å². The zero-order chi connectivity index (χ0) is 18.0. The molecule has 0 saturated heterocycles. The van der Waals surface area contributed by atoms with Crippen LogP contribution in [0.4, 0.5) is 14.7 Å². The quantitative estimate of drug-likeness (QED) is 0.732. The van der Waals surface area contributed by atoms with E-state index < -0.39 is 12.3 Å². The summed E-state index contributed by atoms with van der Waals surface area (Å²) >= 11 is 0. The summed E-state index contributed by atoms with van der Waals surface area (Å²) in [6.45, 7) is 0. The fourth-order valence-electron chi connectivity index (χ4n) is 3.38. The van der Waals surface area contributed by atoms with E-state index in [2.05, 4.69) is 37.6 Å². The van der Waals surface area contributed by atoms with Crippen LogP contribution >= 0.6 is 0 Å². The van der Waals surface area contributed by atoms with E-state index in [1.54, 1.807) is 0 Å². The Kier molecular flexibility index (Phi) is 4.32. The molecule has 8 heteroatoms. The van der Waals surface area contributed by atoms with Crippen molar-refractivity contribution >= 4 is 5.95 Å². The van der Waals surface area contributed by atoms with E-state index in [0.29, 0.717) is 11.5 Å². The Hall–Kier alpha value is -2.90. The Morgan fingerprint density at radius 1 is 1.00 bits per heavy atom. The van der Waals surface area contributed by atoms with Gasteiger partial charge in [0.1, 0.15) is 0 Å². The Balaban J connectivity index is 1.56. The number of nitrogens with one attached hydrogen (secondary N) is 1. The van der Waals surface area contributed by atoms with Gasteiger partial charge in [0.2, 0.25) is 5.95 Å². The molecule has 0 spiro atoms. The summed E-state index contributed by atoms with van der Waals surface area (Å²) in [6, 6.07) is 10.3. The average molecular weight is 357 g/mol. The molecule has 0 unspecified atom stereocenters. The number of benzene rings is 1. The zero-order valence-corrected chi connectivity index (χ0v) is 13.9. The molecule has 1 saturated carbocycles. The van der Waals surface area contributed by atoms with Gasteiger partial charge in [-0.1, -0.05) is 43.2 Å². The number of halogens is 2. The highest BCUT2D eigenvalue weighted by atomic mass is 19.3. The van der Waals surface area contributed by atoms with Gasteiger partial charge < -0.3 is 9.73 Å². The van der Waals surface area contributed by atoms with E-state index >= 15 is 0 Å². The summed E-state index contributed by atoms with van der Waals surface area (Å²) in [7, 11) is 0. The summed E-state index contributed by atoms with van der Waals surface area (Å²) in [5.74, 6) is -0.255. The molecular formula is C18H17F2N5O. The number of aromatic nitrogens is 4. The Morgan fingerprint density at radius 2 is 1.69 bits per heavy atom. The first kappa shape index (κ1) is 16.6. The first-order valence-corrected chi connectivity index (χ1v) is 8.44. The minimum absolute atomic E-state index is 0.0227. The number of hydrogen-bond acceptors (Lipinski definition) is 6. The molecule has 4 rings (SSSR count). The molecule has 0 bridgehead atoms. The lowest BCUT2D eigenvalue weighted by Crippen LogP contribution is -2.32. The molecule has 6 nitrogen and oxygen atoms in total. The molecule has 1 N–H and O–H groups in total. The lowest BCUT2D eigenvalue weighted by atomic mass is 9.88. The standard InChI is InChI=1S/C18H17F2N5O/c19-14(20)16-25-24-15(26-16)12-10-21-17(22-11-12)23-18(8-4-5-9-18)13-6-2-1-3-7-13/h1-3,6-7,10-11,14H,4-5,8-9H2,(H,21,22,23). The highest BCUT2D eigenvalue weighted by Gasteiger charge is 2.36. The molecule has 2 aromatic heterocycles. The van der Waals surface area contributed by atoms with E-state index in [1.165, 1.54) is 18.0 Å². The predicted octanol–water partition coefficient (Wildman–Crippen LogP) is 4.35. The number of hydrogen-bond donors (Lipinski definition) is 1. The van der Waals surface area contributed by atoms with E-state index in [9.17, 15) is 8.78 Å². The predicted molar refractivity (Wildman–Crippen MR) is 90.5 cm³/mol. The molecule has 0 amide bonds. The van der Waals surface area contributed by atoms with E-state index in [0.717, 1.165) is 25.7 Å². The van der Waals surface area contributed by atoms with Crippen molar-refractivity contribution in [1.82, 2.24) is 20.2 Å². The largest absolute Gasteiger partial charge is 0.415 e. The van der Waals surface area contributed by atoms with Crippen LogP contribution in [0, 0.1) is 0 Å². The van der Waals surface area contributed by atoms with Crippen molar-refractivity contribution in [2.45, 2.75) is 37.6 Å². The number of rotatable bonds is 5. The van der Waals surface area contributed by atoms with Gasteiger partial charge in [0.05, 0.1) is 11.1 Å². The number of anilines is 1. The molecule has 3 aromatic rings. The first-order chi connectivity index (χ1) is 12.7. The van der Waals surface area contributed by atoms with Crippen LogP contribution in [0.15, 0.2) is 47.1 Å². The molecule has 134 valence electrons. The second-order valence-corrected chi connectivity index (χ2v) is 6.32. The maximum Gasteiger partial charge on any atom is 0.314 e. The first-order valence-electron chi connectivity index (χ1n) is 8.44. The summed E-state index contributed by atoms with van der Waals surface area (Å²) < 4.78 is 30.0. The molecule has 0 radical (unpaired) electrons. The van der Waals surface area contributed by atoms with E-state index in [-0.39, 0.29) is 11.4 Å².